The van der Waals surface area contributed by atoms with Crippen LogP contribution in [0.4, 0.5) is 18.0 Å². The van der Waals surface area contributed by atoms with Gasteiger partial charge in [0.05, 0.1) is 12.1 Å². The molecule has 4 N–H and O–H groups in total. The largest absolute Gasteiger partial charge is 0.389 e. The summed E-state index contributed by atoms with van der Waals surface area (Å²) in [5, 5.41) is 10.3. The van der Waals surface area contributed by atoms with Gasteiger partial charge in [0.25, 0.3) is 5.91 Å². The second-order valence-electron chi connectivity index (χ2n) is 16.8. The summed E-state index contributed by atoms with van der Waals surface area (Å²) in [5.74, 6) is -4.26. The van der Waals surface area contributed by atoms with Gasteiger partial charge < -0.3 is 31.1 Å². The Bertz CT molecular complexity index is 1350. The Morgan fingerprint density at radius 1 is 0.960 bits per heavy atom. The van der Waals surface area contributed by atoms with Gasteiger partial charge in [0.2, 0.25) is 23.5 Å². The molecular weight excluding hydrogens is 657 g/mol. The van der Waals surface area contributed by atoms with E-state index in [9.17, 15) is 41.9 Å². The minimum Gasteiger partial charge on any atom is -0.346 e. The SMILES string of the molecule is C=CCNC(=O)C(=O)C(CCC(F)(F)F)NC(=O)[C@@H]1[C@@H]2[C@H](CN1C(=O)[C@@H](NC(=O)N[C@H](CN(C)C(=O)C1CC1)C(C)(C)C)C(C)(C)C)C2(C)C. The number of likely N-dealkylation sites (tertiary alicyclic amines) is 1. The predicted octanol–water partition coefficient (Wildman–Crippen LogP) is 3.17. The lowest BCUT2D eigenvalue weighted by atomic mass is 9.85. The Morgan fingerprint density at radius 2 is 1.56 bits per heavy atom. The number of hydrogen-bond acceptors (Lipinski definition) is 6. The summed E-state index contributed by atoms with van der Waals surface area (Å²) in [4.78, 5) is 82.7. The number of likely N-dealkylation sites (N-methyl/N-ethyl adjacent to an activating group) is 1. The highest BCUT2D eigenvalue weighted by Crippen LogP contribution is 2.65. The number of urea groups is 1. The van der Waals surface area contributed by atoms with E-state index in [1.54, 1.807) is 32.7 Å². The molecule has 0 spiro atoms. The minimum atomic E-state index is -4.65. The van der Waals surface area contributed by atoms with E-state index < -0.39 is 83.6 Å². The molecule has 15 heteroatoms. The Labute approximate surface area is 293 Å². The molecule has 0 aromatic rings. The average Bonchev–Trinajstić information content (AvgIpc) is 3.86. The zero-order valence-electron chi connectivity index (χ0n) is 30.8. The van der Waals surface area contributed by atoms with E-state index in [1.807, 2.05) is 34.6 Å². The number of fused-ring (bicyclic) bond motifs is 1. The molecule has 12 nitrogen and oxygen atoms in total. The summed E-state index contributed by atoms with van der Waals surface area (Å²) in [6, 6.07) is -5.18. The van der Waals surface area contributed by atoms with Crippen LogP contribution in [0, 0.1) is 34.0 Å². The molecule has 0 aromatic carbocycles. The van der Waals surface area contributed by atoms with Crippen LogP contribution in [0.25, 0.3) is 0 Å². The van der Waals surface area contributed by atoms with Crippen LogP contribution in [0.5, 0.6) is 0 Å². The lowest BCUT2D eigenvalue weighted by molar-refractivity contribution is -0.148. The fraction of sp³-hybridized carbons (Fsp3) is 0.771. The van der Waals surface area contributed by atoms with Crippen LogP contribution >= 0.6 is 0 Å². The molecule has 0 aromatic heterocycles. The highest BCUT2D eigenvalue weighted by atomic mass is 19.4. The summed E-state index contributed by atoms with van der Waals surface area (Å²) in [5.41, 5.74) is -1.68. The van der Waals surface area contributed by atoms with E-state index in [4.69, 9.17) is 0 Å². The van der Waals surface area contributed by atoms with Crippen molar-refractivity contribution >= 4 is 35.4 Å². The number of amides is 6. The first-order chi connectivity index (χ1) is 22.8. The molecule has 50 heavy (non-hydrogen) atoms. The van der Waals surface area contributed by atoms with Gasteiger partial charge >= 0.3 is 12.2 Å². The van der Waals surface area contributed by atoms with Crippen LogP contribution in [0.2, 0.25) is 0 Å². The standard InChI is InChI=1S/C35H55F3N6O6/c1-11-16-39-28(47)25(45)21(14-15-35(36,37)38)40-27(46)24-23-20(34(23,8)9)17-44(24)30(49)26(33(5,6)7)42-31(50)41-22(32(2,3)4)18-43(10)29(48)19-12-13-19/h11,19-24,26H,1,12-18H2,2-10H3,(H,39,47)(H,40,46)(H2,41,42,50)/t20-,21?,22+,23-,24-,26+/m0/s1. The monoisotopic (exact) mass is 712 g/mol. The first-order valence-corrected chi connectivity index (χ1v) is 17.2. The first kappa shape index (κ1) is 40.8. The molecule has 1 unspecified atom stereocenters. The van der Waals surface area contributed by atoms with Crippen molar-refractivity contribution in [1.82, 2.24) is 31.1 Å². The molecule has 0 bridgehead atoms. The van der Waals surface area contributed by atoms with Gasteiger partial charge in [-0.05, 0) is 47.3 Å². The maximum absolute atomic E-state index is 14.3. The molecule has 3 aliphatic rings. The summed E-state index contributed by atoms with van der Waals surface area (Å²) in [6.07, 6.45) is -3.96. The number of hydrogen-bond donors (Lipinski definition) is 4. The molecule has 3 fully saturated rings. The van der Waals surface area contributed by atoms with Crippen molar-refractivity contribution in [2.24, 2.45) is 34.0 Å². The van der Waals surface area contributed by atoms with E-state index in [0.717, 1.165) is 12.8 Å². The van der Waals surface area contributed by atoms with Gasteiger partial charge in [0.15, 0.2) is 0 Å². The number of alkyl halides is 3. The summed E-state index contributed by atoms with van der Waals surface area (Å²) in [6.45, 7) is 18.6. The van der Waals surface area contributed by atoms with Crippen LogP contribution < -0.4 is 21.3 Å². The second-order valence-corrected chi connectivity index (χ2v) is 16.8. The first-order valence-electron chi connectivity index (χ1n) is 17.2. The van der Waals surface area contributed by atoms with E-state index in [-0.39, 0.29) is 48.7 Å². The quantitative estimate of drug-likeness (QED) is 0.160. The fourth-order valence-corrected chi connectivity index (χ4v) is 6.74. The predicted molar refractivity (Wildman–Crippen MR) is 180 cm³/mol. The molecule has 1 heterocycles. The van der Waals surface area contributed by atoms with Gasteiger partial charge in [0.1, 0.15) is 12.1 Å². The van der Waals surface area contributed by atoms with Gasteiger partial charge in [-0.1, -0.05) is 61.5 Å². The highest BCUT2D eigenvalue weighted by Gasteiger charge is 2.70. The lowest BCUT2D eigenvalue weighted by Gasteiger charge is -2.39. The smallest absolute Gasteiger partial charge is 0.346 e. The molecule has 3 rings (SSSR count). The number of nitrogens with zero attached hydrogens (tertiary/aromatic N) is 2. The molecule has 6 amide bonds. The zero-order valence-corrected chi connectivity index (χ0v) is 30.8. The number of carbonyl (C=O) groups excluding carboxylic acids is 6. The molecule has 6 atom stereocenters. The van der Waals surface area contributed by atoms with Gasteiger partial charge in [0, 0.05) is 39.0 Å². The number of Topliss-reactive ketones (excluding diaryl/α,β-unsaturated/α-hetero) is 1. The third kappa shape index (κ3) is 9.99. The number of carbonyl (C=O) groups is 6. The van der Waals surface area contributed by atoms with Crippen LogP contribution in [-0.4, -0.2) is 102 Å². The lowest BCUT2D eigenvalue weighted by Crippen LogP contribution is -2.62. The van der Waals surface area contributed by atoms with Crippen LogP contribution in [-0.2, 0) is 24.0 Å². The summed E-state index contributed by atoms with van der Waals surface area (Å²) < 4.78 is 39.6. The Kier molecular flexibility index (Phi) is 12.2. The maximum Gasteiger partial charge on any atom is 0.389 e. The van der Waals surface area contributed by atoms with E-state index >= 15 is 0 Å². The normalized spacial score (nSPS) is 23.0. The zero-order chi connectivity index (χ0) is 38.1. The van der Waals surface area contributed by atoms with Gasteiger partial charge in [-0.3, -0.25) is 24.0 Å². The third-order valence-electron chi connectivity index (χ3n) is 10.2. The average molecular weight is 713 g/mol. The molecule has 2 aliphatic carbocycles. The van der Waals surface area contributed by atoms with Gasteiger partial charge in [-0.25, -0.2) is 4.79 Å². The maximum atomic E-state index is 14.3. The van der Waals surface area contributed by atoms with E-state index in [2.05, 4.69) is 27.8 Å². The van der Waals surface area contributed by atoms with Gasteiger partial charge in [-0.2, -0.15) is 13.2 Å². The number of halogens is 3. The van der Waals surface area contributed by atoms with Crippen molar-refractivity contribution in [3.63, 3.8) is 0 Å². The molecule has 1 saturated heterocycles. The molecule has 282 valence electrons. The highest BCUT2D eigenvalue weighted by molar-refractivity contribution is 6.38. The number of piperidine rings is 1. The van der Waals surface area contributed by atoms with Crippen LogP contribution in [0.3, 0.4) is 0 Å². The summed E-state index contributed by atoms with van der Waals surface area (Å²) >= 11 is 0. The summed E-state index contributed by atoms with van der Waals surface area (Å²) in [7, 11) is 1.70. The minimum absolute atomic E-state index is 0.00610. The van der Waals surface area contributed by atoms with Crippen molar-refractivity contribution in [2.75, 3.05) is 26.7 Å². The van der Waals surface area contributed by atoms with Crippen molar-refractivity contribution in [3.8, 4) is 0 Å². The molecule has 1 aliphatic heterocycles. The van der Waals surface area contributed by atoms with Gasteiger partial charge in [-0.15, -0.1) is 6.58 Å². The van der Waals surface area contributed by atoms with Crippen molar-refractivity contribution in [2.45, 2.75) is 111 Å². The fourth-order valence-electron chi connectivity index (χ4n) is 6.74. The number of ketones is 1. The molecule has 2 saturated carbocycles. The van der Waals surface area contributed by atoms with Crippen molar-refractivity contribution in [3.05, 3.63) is 12.7 Å². The Morgan fingerprint density at radius 3 is 2.06 bits per heavy atom. The van der Waals surface area contributed by atoms with Crippen molar-refractivity contribution in [1.29, 1.82) is 0 Å². The van der Waals surface area contributed by atoms with E-state index in [1.165, 1.54) is 11.0 Å². The van der Waals surface area contributed by atoms with Crippen molar-refractivity contribution < 1.29 is 41.9 Å². The topological polar surface area (TPSA) is 157 Å². The molecular formula is C35H55F3N6O6. The molecule has 0 radical (unpaired) electrons. The Hall–Kier alpha value is -3.65. The second kappa shape index (κ2) is 14.9. The van der Waals surface area contributed by atoms with Crippen LogP contribution in [0.1, 0.15) is 81.1 Å². The number of nitrogens with one attached hydrogen (secondary N) is 4. The number of rotatable bonds is 14. The third-order valence-corrected chi connectivity index (χ3v) is 10.2. The van der Waals surface area contributed by atoms with E-state index in [0.29, 0.717) is 0 Å². The Balaban J connectivity index is 1.83. The van der Waals surface area contributed by atoms with Crippen LogP contribution in [0.15, 0.2) is 12.7 Å².